The lowest BCUT2D eigenvalue weighted by atomic mass is 10.1. The number of benzene rings is 1. The van der Waals surface area contributed by atoms with Gasteiger partial charge in [0.05, 0.1) is 12.8 Å². The number of likely N-dealkylation sites (tertiary alicyclic amines) is 1. The van der Waals surface area contributed by atoms with Crippen molar-refractivity contribution in [2.24, 2.45) is 5.92 Å². The zero-order chi connectivity index (χ0) is 18.9. The molecule has 0 saturated carbocycles. The SMILES string of the molecule is COc1ccc(OCc2ccccn2)c(CNCC(C)CN2CCCC2)c1. The quantitative estimate of drug-likeness (QED) is 0.695. The van der Waals surface area contributed by atoms with E-state index in [1.807, 2.05) is 36.4 Å². The summed E-state index contributed by atoms with van der Waals surface area (Å²) in [6.07, 6.45) is 4.48. The Morgan fingerprint density at radius 3 is 2.78 bits per heavy atom. The van der Waals surface area contributed by atoms with E-state index in [0.29, 0.717) is 12.5 Å². The third-order valence-corrected chi connectivity index (χ3v) is 4.95. The number of ether oxygens (including phenoxy) is 2. The fourth-order valence-corrected chi connectivity index (χ4v) is 3.52. The highest BCUT2D eigenvalue weighted by Gasteiger charge is 2.14. The van der Waals surface area contributed by atoms with Gasteiger partial charge in [0.1, 0.15) is 18.1 Å². The predicted molar refractivity (Wildman–Crippen MR) is 108 cm³/mol. The van der Waals surface area contributed by atoms with Crippen molar-refractivity contribution in [2.75, 3.05) is 33.3 Å². The lowest BCUT2D eigenvalue weighted by Crippen LogP contribution is -2.31. The van der Waals surface area contributed by atoms with Crippen LogP contribution in [-0.4, -0.2) is 43.2 Å². The first kappa shape index (κ1) is 19.6. The molecule has 1 aromatic carbocycles. The number of nitrogens with one attached hydrogen (secondary N) is 1. The topological polar surface area (TPSA) is 46.6 Å². The Hall–Kier alpha value is -2.11. The van der Waals surface area contributed by atoms with Crippen LogP contribution >= 0.6 is 0 Å². The van der Waals surface area contributed by atoms with Crippen molar-refractivity contribution in [1.82, 2.24) is 15.2 Å². The highest BCUT2D eigenvalue weighted by atomic mass is 16.5. The van der Waals surface area contributed by atoms with Crippen molar-refractivity contribution in [3.63, 3.8) is 0 Å². The summed E-state index contributed by atoms with van der Waals surface area (Å²) in [5, 5.41) is 3.59. The number of rotatable bonds is 10. The molecule has 2 heterocycles. The summed E-state index contributed by atoms with van der Waals surface area (Å²) in [4.78, 5) is 6.89. The van der Waals surface area contributed by atoms with Crippen molar-refractivity contribution < 1.29 is 9.47 Å². The van der Waals surface area contributed by atoms with E-state index in [0.717, 1.165) is 35.8 Å². The van der Waals surface area contributed by atoms with Crippen LogP contribution in [0.1, 0.15) is 31.0 Å². The van der Waals surface area contributed by atoms with E-state index in [4.69, 9.17) is 9.47 Å². The average Bonchev–Trinajstić information content (AvgIpc) is 3.20. The number of methoxy groups -OCH3 is 1. The van der Waals surface area contributed by atoms with Gasteiger partial charge >= 0.3 is 0 Å². The Kier molecular flexibility index (Phi) is 7.48. The first-order valence-corrected chi connectivity index (χ1v) is 9.87. The molecule has 3 rings (SSSR count). The summed E-state index contributed by atoms with van der Waals surface area (Å²) in [7, 11) is 1.69. The molecule has 5 nitrogen and oxygen atoms in total. The van der Waals surface area contributed by atoms with E-state index in [1.165, 1.54) is 32.5 Å². The highest BCUT2D eigenvalue weighted by molar-refractivity contribution is 5.40. The maximum Gasteiger partial charge on any atom is 0.130 e. The van der Waals surface area contributed by atoms with Gasteiger partial charge in [0.15, 0.2) is 0 Å². The molecule has 0 aliphatic carbocycles. The second-order valence-electron chi connectivity index (χ2n) is 7.33. The Morgan fingerprint density at radius 1 is 1.19 bits per heavy atom. The fourth-order valence-electron chi connectivity index (χ4n) is 3.52. The fraction of sp³-hybridized carbons (Fsp3) is 0.500. The molecule has 1 saturated heterocycles. The molecule has 1 aliphatic rings. The van der Waals surface area contributed by atoms with Crippen molar-refractivity contribution in [1.29, 1.82) is 0 Å². The van der Waals surface area contributed by atoms with Crippen LogP contribution in [0.25, 0.3) is 0 Å². The zero-order valence-corrected chi connectivity index (χ0v) is 16.5. The lowest BCUT2D eigenvalue weighted by Gasteiger charge is -2.21. The molecule has 27 heavy (non-hydrogen) atoms. The van der Waals surface area contributed by atoms with E-state index in [2.05, 4.69) is 22.1 Å². The smallest absolute Gasteiger partial charge is 0.130 e. The van der Waals surface area contributed by atoms with E-state index in [9.17, 15) is 0 Å². The molecule has 1 aliphatic heterocycles. The minimum atomic E-state index is 0.464. The van der Waals surface area contributed by atoms with Gasteiger partial charge in [-0.15, -0.1) is 0 Å². The van der Waals surface area contributed by atoms with Crippen molar-refractivity contribution in [2.45, 2.75) is 32.9 Å². The van der Waals surface area contributed by atoms with Crippen molar-refractivity contribution in [3.05, 3.63) is 53.9 Å². The Balaban J connectivity index is 1.53. The maximum absolute atomic E-state index is 6.02. The van der Waals surface area contributed by atoms with Gasteiger partial charge in [-0.2, -0.15) is 0 Å². The van der Waals surface area contributed by atoms with E-state index in [-0.39, 0.29) is 0 Å². The molecular weight excluding hydrogens is 338 g/mol. The molecule has 0 bridgehead atoms. The Bertz CT molecular complexity index is 687. The van der Waals surface area contributed by atoms with E-state index >= 15 is 0 Å². The summed E-state index contributed by atoms with van der Waals surface area (Å²) in [5.41, 5.74) is 2.03. The molecule has 0 spiro atoms. The maximum atomic E-state index is 6.02. The number of hydrogen-bond donors (Lipinski definition) is 1. The standard InChI is InChI=1S/C22H31N3O2/c1-18(16-25-11-5-6-12-25)14-23-15-19-13-21(26-2)8-9-22(19)27-17-20-7-3-4-10-24-20/h3-4,7-10,13,18,23H,5-6,11-12,14-17H2,1-2H3. The molecule has 5 heteroatoms. The monoisotopic (exact) mass is 369 g/mol. The van der Waals surface area contributed by atoms with Crippen LogP contribution in [0.4, 0.5) is 0 Å². The molecule has 0 amide bonds. The predicted octanol–water partition coefficient (Wildman–Crippen LogP) is 3.49. The van der Waals surface area contributed by atoms with Crippen LogP contribution in [-0.2, 0) is 13.2 Å². The minimum Gasteiger partial charge on any atom is -0.497 e. The Morgan fingerprint density at radius 2 is 2.04 bits per heavy atom. The van der Waals surface area contributed by atoms with Gasteiger partial charge in [-0.05, 0) is 68.7 Å². The largest absolute Gasteiger partial charge is 0.497 e. The second-order valence-corrected chi connectivity index (χ2v) is 7.33. The van der Waals surface area contributed by atoms with Crippen LogP contribution in [0.3, 0.4) is 0 Å². The highest BCUT2D eigenvalue weighted by Crippen LogP contribution is 2.25. The Labute approximate surface area is 162 Å². The van der Waals surface area contributed by atoms with Crippen LogP contribution < -0.4 is 14.8 Å². The van der Waals surface area contributed by atoms with Gasteiger partial charge in [0.25, 0.3) is 0 Å². The van der Waals surface area contributed by atoms with Crippen molar-refractivity contribution in [3.8, 4) is 11.5 Å². The normalized spacial score (nSPS) is 15.6. The molecule has 1 aromatic heterocycles. The minimum absolute atomic E-state index is 0.464. The average molecular weight is 370 g/mol. The number of hydrogen-bond acceptors (Lipinski definition) is 5. The summed E-state index contributed by atoms with van der Waals surface area (Å²) < 4.78 is 11.4. The van der Waals surface area contributed by atoms with Gasteiger partial charge in [0, 0.05) is 24.8 Å². The molecule has 0 radical (unpaired) electrons. The van der Waals surface area contributed by atoms with Crippen LogP contribution in [0.5, 0.6) is 11.5 Å². The summed E-state index contributed by atoms with van der Waals surface area (Å²) in [5.74, 6) is 2.36. The van der Waals surface area contributed by atoms with Crippen molar-refractivity contribution >= 4 is 0 Å². The molecule has 1 unspecified atom stereocenters. The van der Waals surface area contributed by atoms with Crippen LogP contribution in [0.15, 0.2) is 42.6 Å². The molecule has 1 atom stereocenters. The second kappa shape index (κ2) is 10.3. The lowest BCUT2D eigenvalue weighted by molar-refractivity contribution is 0.280. The van der Waals surface area contributed by atoms with E-state index in [1.54, 1.807) is 13.3 Å². The van der Waals surface area contributed by atoms with Gasteiger partial charge in [-0.3, -0.25) is 4.98 Å². The van der Waals surface area contributed by atoms with Gasteiger partial charge in [-0.25, -0.2) is 0 Å². The van der Waals surface area contributed by atoms with Gasteiger partial charge in [-0.1, -0.05) is 13.0 Å². The number of nitrogens with zero attached hydrogens (tertiary/aromatic N) is 2. The number of aromatic nitrogens is 1. The molecule has 146 valence electrons. The molecule has 2 aromatic rings. The first-order valence-electron chi connectivity index (χ1n) is 9.87. The van der Waals surface area contributed by atoms with Crippen LogP contribution in [0, 0.1) is 5.92 Å². The third-order valence-electron chi connectivity index (χ3n) is 4.95. The summed E-state index contributed by atoms with van der Waals surface area (Å²) >= 11 is 0. The number of pyridine rings is 1. The summed E-state index contributed by atoms with van der Waals surface area (Å²) in [6, 6.07) is 11.8. The summed E-state index contributed by atoms with van der Waals surface area (Å²) in [6.45, 7) is 8.22. The molecule has 1 fully saturated rings. The zero-order valence-electron chi connectivity index (χ0n) is 16.5. The van der Waals surface area contributed by atoms with E-state index < -0.39 is 0 Å². The first-order chi connectivity index (χ1) is 13.2. The van der Waals surface area contributed by atoms with Crippen LogP contribution in [0.2, 0.25) is 0 Å². The third kappa shape index (κ3) is 6.22. The molecular formula is C22H31N3O2. The van der Waals surface area contributed by atoms with Gasteiger partial charge in [0.2, 0.25) is 0 Å². The molecule has 1 N–H and O–H groups in total. The van der Waals surface area contributed by atoms with Gasteiger partial charge < -0.3 is 19.7 Å².